The number of fused-ring (bicyclic) bond motifs is 1. The highest BCUT2D eigenvalue weighted by Gasteiger charge is 2.20. The summed E-state index contributed by atoms with van der Waals surface area (Å²) in [6, 6.07) is 0.473. The van der Waals surface area contributed by atoms with Crippen molar-refractivity contribution in [3.63, 3.8) is 0 Å². The molecular weight excluding hydrogens is 310 g/mol. The first-order chi connectivity index (χ1) is 10.9. The van der Waals surface area contributed by atoms with E-state index in [0.717, 1.165) is 36.9 Å². The average Bonchev–Trinajstić information content (AvgIpc) is 3.20. The molecule has 0 bridgehead atoms. The lowest BCUT2D eigenvalue weighted by Gasteiger charge is -2.24. The SMILES string of the molecule is Cl.c1nc(NC2CCCNC2)c2c(CC3CCCC3)c[nH]c2n1. The normalized spacial score (nSPS) is 22.2. The summed E-state index contributed by atoms with van der Waals surface area (Å²) in [5.41, 5.74) is 2.35. The summed E-state index contributed by atoms with van der Waals surface area (Å²) >= 11 is 0. The van der Waals surface area contributed by atoms with Gasteiger partial charge in [0.2, 0.25) is 0 Å². The third-order valence-electron chi connectivity index (χ3n) is 5.17. The molecule has 2 aromatic rings. The van der Waals surface area contributed by atoms with Crippen molar-refractivity contribution in [2.45, 2.75) is 51.0 Å². The third-order valence-corrected chi connectivity index (χ3v) is 5.17. The summed E-state index contributed by atoms with van der Waals surface area (Å²) in [4.78, 5) is 12.3. The molecule has 2 aromatic heterocycles. The van der Waals surface area contributed by atoms with E-state index in [1.54, 1.807) is 6.33 Å². The summed E-state index contributed by atoms with van der Waals surface area (Å²) in [6.07, 6.45) is 12.9. The molecular formula is C17H26ClN5. The average molecular weight is 336 g/mol. The minimum atomic E-state index is 0. The molecule has 2 fully saturated rings. The quantitative estimate of drug-likeness (QED) is 0.802. The summed E-state index contributed by atoms with van der Waals surface area (Å²) in [6.45, 7) is 2.16. The van der Waals surface area contributed by atoms with Crippen LogP contribution in [0.1, 0.15) is 44.1 Å². The second-order valence-corrected chi connectivity index (χ2v) is 6.80. The summed E-state index contributed by atoms with van der Waals surface area (Å²) in [5, 5.41) is 8.31. The zero-order chi connectivity index (χ0) is 14.8. The maximum absolute atomic E-state index is 4.54. The van der Waals surface area contributed by atoms with Crippen LogP contribution in [0.15, 0.2) is 12.5 Å². The standard InChI is InChI=1S/C17H25N5.ClH/c1-2-5-12(4-1)8-13-9-19-16-15(13)17(21-11-20-16)22-14-6-3-7-18-10-14;/h9,11-12,14,18H,1-8,10H2,(H2,19,20,21,22);1H. The van der Waals surface area contributed by atoms with Crippen molar-refractivity contribution in [2.24, 2.45) is 5.92 Å². The summed E-state index contributed by atoms with van der Waals surface area (Å²) in [5.74, 6) is 1.84. The van der Waals surface area contributed by atoms with Gasteiger partial charge in [-0.2, -0.15) is 0 Å². The molecule has 2 aliphatic rings. The smallest absolute Gasteiger partial charge is 0.143 e. The fourth-order valence-electron chi connectivity index (χ4n) is 3.99. The molecule has 1 saturated carbocycles. The lowest BCUT2D eigenvalue weighted by Crippen LogP contribution is -2.38. The Hall–Kier alpha value is -1.33. The van der Waals surface area contributed by atoms with Gasteiger partial charge in [0.1, 0.15) is 17.8 Å². The number of nitrogens with zero attached hydrogens (tertiary/aromatic N) is 2. The highest BCUT2D eigenvalue weighted by molar-refractivity contribution is 5.90. The van der Waals surface area contributed by atoms with E-state index >= 15 is 0 Å². The zero-order valence-corrected chi connectivity index (χ0v) is 14.3. The molecule has 1 aliphatic heterocycles. The number of hydrogen-bond acceptors (Lipinski definition) is 4. The van der Waals surface area contributed by atoms with Crippen LogP contribution >= 0.6 is 12.4 Å². The molecule has 0 radical (unpaired) electrons. The number of piperidine rings is 1. The van der Waals surface area contributed by atoms with Crippen molar-refractivity contribution in [1.82, 2.24) is 20.3 Å². The number of aromatic nitrogens is 3. The van der Waals surface area contributed by atoms with Gasteiger partial charge in [-0.25, -0.2) is 9.97 Å². The Labute approximate surface area is 143 Å². The fraction of sp³-hybridized carbons (Fsp3) is 0.647. The molecule has 0 spiro atoms. The van der Waals surface area contributed by atoms with Crippen molar-refractivity contribution in [1.29, 1.82) is 0 Å². The van der Waals surface area contributed by atoms with Crippen molar-refractivity contribution in [2.75, 3.05) is 18.4 Å². The Kier molecular flexibility index (Phi) is 5.38. The van der Waals surface area contributed by atoms with Crippen molar-refractivity contribution in [3.8, 4) is 0 Å². The van der Waals surface area contributed by atoms with E-state index in [1.165, 1.54) is 49.5 Å². The van der Waals surface area contributed by atoms with Crippen molar-refractivity contribution in [3.05, 3.63) is 18.1 Å². The van der Waals surface area contributed by atoms with E-state index in [0.29, 0.717) is 6.04 Å². The summed E-state index contributed by atoms with van der Waals surface area (Å²) < 4.78 is 0. The number of H-pyrrole nitrogens is 1. The van der Waals surface area contributed by atoms with E-state index in [1.807, 2.05) is 0 Å². The number of anilines is 1. The van der Waals surface area contributed by atoms with Crippen LogP contribution < -0.4 is 10.6 Å². The van der Waals surface area contributed by atoms with Gasteiger partial charge in [0.05, 0.1) is 5.39 Å². The van der Waals surface area contributed by atoms with Crippen molar-refractivity contribution >= 4 is 29.3 Å². The van der Waals surface area contributed by atoms with Crippen LogP contribution in [0.25, 0.3) is 11.0 Å². The minimum Gasteiger partial charge on any atom is -0.365 e. The van der Waals surface area contributed by atoms with E-state index in [2.05, 4.69) is 31.8 Å². The van der Waals surface area contributed by atoms with Crippen LogP contribution in [0.5, 0.6) is 0 Å². The molecule has 0 amide bonds. The van der Waals surface area contributed by atoms with Gasteiger partial charge in [-0.3, -0.25) is 0 Å². The number of rotatable bonds is 4. The molecule has 4 rings (SSSR count). The van der Waals surface area contributed by atoms with E-state index in [4.69, 9.17) is 0 Å². The topological polar surface area (TPSA) is 65.6 Å². The molecule has 1 unspecified atom stereocenters. The number of nitrogens with one attached hydrogen (secondary N) is 3. The van der Waals surface area contributed by atoms with Gasteiger partial charge < -0.3 is 15.6 Å². The number of hydrogen-bond donors (Lipinski definition) is 3. The second-order valence-electron chi connectivity index (χ2n) is 6.80. The minimum absolute atomic E-state index is 0. The zero-order valence-electron chi connectivity index (χ0n) is 13.5. The predicted octanol–water partition coefficient (Wildman–Crippen LogP) is 3.28. The molecule has 1 saturated heterocycles. The highest BCUT2D eigenvalue weighted by atomic mass is 35.5. The van der Waals surface area contributed by atoms with Crippen LogP contribution in [-0.2, 0) is 6.42 Å². The van der Waals surface area contributed by atoms with E-state index in [-0.39, 0.29) is 12.4 Å². The Morgan fingerprint density at radius 2 is 2.00 bits per heavy atom. The van der Waals surface area contributed by atoms with Gasteiger partial charge in [-0.05, 0) is 37.3 Å². The molecule has 6 heteroatoms. The highest BCUT2D eigenvalue weighted by Crippen LogP contribution is 2.32. The monoisotopic (exact) mass is 335 g/mol. The molecule has 1 atom stereocenters. The molecule has 3 heterocycles. The first-order valence-electron chi connectivity index (χ1n) is 8.68. The molecule has 23 heavy (non-hydrogen) atoms. The Morgan fingerprint density at radius 3 is 2.78 bits per heavy atom. The fourth-order valence-corrected chi connectivity index (χ4v) is 3.99. The van der Waals surface area contributed by atoms with E-state index in [9.17, 15) is 0 Å². The summed E-state index contributed by atoms with van der Waals surface area (Å²) in [7, 11) is 0. The van der Waals surface area contributed by atoms with Gasteiger partial charge in [0, 0.05) is 18.8 Å². The third kappa shape index (κ3) is 3.61. The molecule has 126 valence electrons. The second kappa shape index (κ2) is 7.49. The number of aromatic amines is 1. The number of halogens is 1. The maximum Gasteiger partial charge on any atom is 0.143 e. The van der Waals surface area contributed by atoms with Crippen LogP contribution in [0.2, 0.25) is 0 Å². The first-order valence-corrected chi connectivity index (χ1v) is 8.68. The van der Waals surface area contributed by atoms with E-state index < -0.39 is 0 Å². The van der Waals surface area contributed by atoms with Gasteiger partial charge in [0.15, 0.2) is 0 Å². The van der Waals surface area contributed by atoms with Gasteiger partial charge in [0.25, 0.3) is 0 Å². The molecule has 0 aromatic carbocycles. The molecule has 3 N–H and O–H groups in total. The predicted molar refractivity (Wildman–Crippen MR) is 96.3 cm³/mol. The maximum atomic E-state index is 4.54. The van der Waals surface area contributed by atoms with Crippen LogP contribution in [-0.4, -0.2) is 34.1 Å². The molecule has 1 aliphatic carbocycles. The Balaban J connectivity index is 0.00000156. The largest absolute Gasteiger partial charge is 0.365 e. The van der Waals surface area contributed by atoms with Crippen LogP contribution in [0.4, 0.5) is 5.82 Å². The van der Waals surface area contributed by atoms with Crippen molar-refractivity contribution < 1.29 is 0 Å². The Morgan fingerprint density at radius 1 is 1.13 bits per heavy atom. The van der Waals surface area contributed by atoms with Gasteiger partial charge >= 0.3 is 0 Å². The lowest BCUT2D eigenvalue weighted by molar-refractivity contribution is 0.479. The van der Waals surface area contributed by atoms with Crippen LogP contribution in [0.3, 0.4) is 0 Å². The molecule has 5 nitrogen and oxygen atoms in total. The lowest BCUT2D eigenvalue weighted by atomic mass is 9.98. The van der Waals surface area contributed by atoms with Gasteiger partial charge in [-0.1, -0.05) is 25.7 Å². The first kappa shape index (κ1) is 16.5. The van der Waals surface area contributed by atoms with Gasteiger partial charge in [-0.15, -0.1) is 12.4 Å². The Bertz CT molecular complexity index is 629. The van der Waals surface area contributed by atoms with Crippen LogP contribution in [0, 0.1) is 5.92 Å².